The molecule has 1 N–H and O–H groups in total. The summed E-state index contributed by atoms with van der Waals surface area (Å²) in [5.74, 6) is -0.0296. The second-order valence-electron chi connectivity index (χ2n) is 3.32. The van der Waals surface area contributed by atoms with Crippen molar-refractivity contribution in [1.29, 1.82) is 5.26 Å². The van der Waals surface area contributed by atoms with Gasteiger partial charge < -0.3 is 10.2 Å². The number of nitrogens with one attached hydrogen (secondary N) is 1. The number of thiophene rings is 1. The van der Waals surface area contributed by atoms with Gasteiger partial charge in [0.15, 0.2) is 0 Å². The molecule has 78 valence electrons. The van der Waals surface area contributed by atoms with Crippen LogP contribution in [-0.2, 0) is 0 Å². The van der Waals surface area contributed by atoms with Crippen LogP contribution >= 0.6 is 11.3 Å². The SMILES string of the molecule is N#CC1CNCCN1C(=O)c1cccs1. The number of hydrogen-bond donors (Lipinski definition) is 1. The van der Waals surface area contributed by atoms with E-state index in [1.54, 1.807) is 11.0 Å². The molecule has 1 fully saturated rings. The zero-order valence-electron chi connectivity index (χ0n) is 8.14. The normalized spacial score (nSPS) is 21.0. The van der Waals surface area contributed by atoms with Crippen molar-refractivity contribution in [1.82, 2.24) is 10.2 Å². The minimum Gasteiger partial charge on any atom is -0.319 e. The third-order valence-corrected chi connectivity index (χ3v) is 3.24. The van der Waals surface area contributed by atoms with Crippen molar-refractivity contribution in [3.8, 4) is 6.07 Å². The number of hydrogen-bond acceptors (Lipinski definition) is 4. The van der Waals surface area contributed by atoms with Gasteiger partial charge in [-0.05, 0) is 11.4 Å². The Kier molecular flexibility index (Phi) is 2.99. The van der Waals surface area contributed by atoms with E-state index in [1.165, 1.54) is 11.3 Å². The number of nitriles is 1. The predicted octanol–water partition coefficient (Wildman–Crippen LogP) is 0.686. The molecule has 1 atom stereocenters. The molecule has 1 aliphatic rings. The summed E-state index contributed by atoms with van der Waals surface area (Å²) in [4.78, 5) is 14.3. The predicted molar refractivity (Wildman–Crippen MR) is 57.6 cm³/mol. The molecule has 1 amide bonds. The van der Waals surface area contributed by atoms with Crippen molar-refractivity contribution in [3.63, 3.8) is 0 Å². The van der Waals surface area contributed by atoms with E-state index in [0.717, 1.165) is 6.54 Å². The Morgan fingerprint density at radius 1 is 1.73 bits per heavy atom. The summed E-state index contributed by atoms with van der Waals surface area (Å²) >= 11 is 1.42. The molecule has 1 unspecified atom stereocenters. The summed E-state index contributed by atoms with van der Waals surface area (Å²) in [6.07, 6.45) is 0. The first kappa shape index (κ1) is 10.1. The first-order chi connectivity index (χ1) is 7.33. The van der Waals surface area contributed by atoms with Crippen LogP contribution in [-0.4, -0.2) is 36.5 Å². The van der Waals surface area contributed by atoms with Crippen LogP contribution in [0.15, 0.2) is 17.5 Å². The maximum Gasteiger partial charge on any atom is 0.265 e. The van der Waals surface area contributed by atoms with Gasteiger partial charge >= 0.3 is 0 Å². The zero-order chi connectivity index (χ0) is 10.7. The standard InChI is InChI=1S/C10H11N3OS/c11-6-8-7-12-3-4-13(8)10(14)9-2-1-5-15-9/h1-2,5,8,12H,3-4,7H2. The Morgan fingerprint density at radius 3 is 3.27 bits per heavy atom. The lowest BCUT2D eigenvalue weighted by Crippen LogP contribution is -2.52. The Labute approximate surface area is 92.1 Å². The molecule has 0 aromatic carbocycles. The number of nitrogens with zero attached hydrogens (tertiary/aromatic N) is 2. The van der Waals surface area contributed by atoms with E-state index < -0.39 is 0 Å². The number of carbonyl (C=O) groups is 1. The van der Waals surface area contributed by atoms with Crippen LogP contribution in [0.2, 0.25) is 0 Å². The molecule has 2 heterocycles. The summed E-state index contributed by atoms with van der Waals surface area (Å²) in [5, 5.41) is 13.9. The van der Waals surface area contributed by atoms with Gasteiger partial charge in [-0.1, -0.05) is 6.07 Å². The average molecular weight is 221 g/mol. The number of amides is 1. The van der Waals surface area contributed by atoms with Crippen LogP contribution in [0.3, 0.4) is 0 Å². The molecule has 4 nitrogen and oxygen atoms in total. The van der Waals surface area contributed by atoms with Gasteiger partial charge in [0.2, 0.25) is 0 Å². The van der Waals surface area contributed by atoms with Crippen molar-refractivity contribution in [2.45, 2.75) is 6.04 Å². The van der Waals surface area contributed by atoms with Crippen LogP contribution < -0.4 is 5.32 Å². The second-order valence-corrected chi connectivity index (χ2v) is 4.27. The summed E-state index contributed by atoms with van der Waals surface area (Å²) in [6.45, 7) is 1.93. The van der Waals surface area contributed by atoms with Gasteiger partial charge in [-0.3, -0.25) is 4.79 Å². The topological polar surface area (TPSA) is 56.1 Å². The maximum absolute atomic E-state index is 12.0. The van der Waals surface area contributed by atoms with E-state index >= 15 is 0 Å². The van der Waals surface area contributed by atoms with Gasteiger partial charge in [-0.25, -0.2) is 0 Å². The molecule has 0 saturated carbocycles. The van der Waals surface area contributed by atoms with Gasteiger partial charge in [-0.2, -0.15) is 5.26 Å². The molecule has 0 radical (unpaired) electrons. The summed E-state index contributed by atoms with van der Waals surface area (Å²) < 4.78 is 0. The fourth-order valence-corrected chi connectivity index (χ4v) is 2.28. The summed E-state index contributed by atoms with van der Waals surface area (Å²) in [6, 6.07) is 5.45. The highest BCUT2D eigenvalue weighted by Gasteiger charge is 2.27. The van der Waals surface area contributed by atoms with Crippen LogP contribution in [0, 0.1) is 11.3 Å². The Hall–Kier alpha value is -1.38. The molecule has 15 heavy (non-hydrogen) atoms. The van der Waals surface area contributed by atoms with Crippen molar-refractivity contribution in [2.24, 2.45) is 0 Å². The highest BCUT2D eigenvalue weighted by Crippen LogP contribution is 2.14. The van der Waals surface area contributed by atoms with E-state index in [9.17, 15) is 4.79 Å². The van der Waals surface area contributed by atoms with E-state index in [2.05, 4.69) is 11.4 Å². The fourth-order valence-electron chi connectivity index (χ4n) is 1.60. The van der Waals surface area contributed by atoms with Gasteiger partial charge in [0.1, 0.15) is 6.04 Å². The van der Waals surface area contributed by atoms with E-state index in [4.69, 9.17) is 5.26 Å². The van der Waals surface area contributed by atoms with E-state index in [0.29, 0.717) is 18.0 Å². The molecule has 0 spiro atoms. The number of piperazine rings is 1. The molecule has 1 saturated heterocycles. The van der Waals surface area contributed by atoms with Crippen molar-refractivity contribution >= 4 is 17.2 Å². The van der Waals surface area contributed by atoms with E-state index in [1.807, 2.05) is 11.4 Å². The largest absolute Gasteiger partial charge is 0.319 e. The van der Waals surface area contributed by atoms with Crippen LogP contribution in [0.1, 0.15) is 9.67 Å². The van der Waals surface area contributed by atoms with Crippen LogP contribution in [0.4, 0.5) is 0 Å². The third-order valence-electron chi connectivity index (χ3n) is 2.39. The second kappa shape index (κ2) is 4.43. The summed E-state index contributed by atoms with van der Waals surface area (Å²) in [7, 11) is 0. The Bertz CT molecular complexity index is 382. The average Bonchev–Trinajstić information content (AvgIpc) is 2.81. The monoisotopic (exact) mass is 221 g/mol. The molecular formula is C10H11N3OS. The smallest absolute Gasteiger partial charge is 0.265 e. The molecular weight excluding hydrogens is 210 g/mol. The first-order valence-electron chi connectivity index (χ1n) is 4.77. The van der Waals surface area contributed by atoms with Crippen molar-refractivity contribution in [2.75, 3.05) is 19.6 Å². The molecule has 2 rings (SSSR count). The lowest BCUT2D eigenvalue weighted by atomic mass is 10.2. The van der Waals surface area contributed by atoms with E-state index in [-0.39, 0.29) is 11.9 Å². The highest BCUT2D eigenvalue weighted by molar-refractivity contribution is 7.12. The van der Waals surface area contributed by atoms with Crippen LogP contribution in [0.5, 0.6) is 0 Å². The van der Waals surface area contributed by atoms with Gasteiger partial charge in [0.05, 0.1) is 10.9 Å². The minimum atomic E-state index is -0.339. The zero-order valence-corrected chi connectivity index (χ0v) is 8.96. The molecule has 1 aromatic rings. The van der Waals surface area contributed by atoms with Crippen molar-refractivity contribution < 1.29 is 4.79 Å². The minimum absolute atomic E-state index is 0.0296. The fraction of sp³-hybridized carbons (Fsp3) is 0.400. The Balaban J connectivity index is 2.15. The first-order valence-corrected chi connectivity index (χ1v) is 5.65. The molecule has 0 bridgehead atoms. The molecule has 1 aliphatic heterocycles. The quantitative estimate of drug-likeness (QED) is 0.759. The van der Waals surface area contributed by atoms with Gasteiger partial charge in [0.25, 0.3) is 5.91 Å². The molecule has 5 heteroatoms. The van der Waals surface area contributed by atoms with Crippen LogP contribution in [0.25, 0.3) is 0 Å². The third kappa shape index (κ3) is 2.01. The van der Waals surface area contributed by atoms with Gasteiger partial charge in [-0.15, -0.1) is 11.3 Å². The lowest BCUT2D eigenvalue weighted by Gasteiger charge is -2.31. The summed E-state index contributed by atoms with van der Waals surface area (Å²) in [5.41, 5.74) is 0. The Morgan fingerprint density at radius 2 is 2.60 bits per heavy atom. The maximum atomic E-state index is 12.0. The molecule has 0 aliphatic carbocycles. The van der Waals surface area contributed by atoms with Gasteiger partial charge in [0, 0.05) is 19.6 Å². The van der Waals surface area contributed by atoms with Crippen molar-refractivity contribution in [3.05, 3.63) is 22.4 Å². The molecule has 1 aromatic heterocycles. The lowest BCUT2D eigenvalue weighted by molar-refractivity contribution is 0.0692. The number of rotatable bonds is 1. The highest BCUT2D eigenvalue weighted by atomic mass is 32.1. The number of carbonyl (C=O) groups excluding carboxylic acids is 1.